The SMILES string of the molecule is C=CC(=O)Oc1c(P(=O)(c2ccc(OC)cc2)c2cccc(C)n2)ccc(OC)c1CCCC. The first-order valence-corrected chi connectivity index (χ1v) is 12.8. The Kier molecular flexibility index (Phi) is 8.30. The summed E-state index contributed by atoms with van der Waals surface area (Å²) in [5.41, 5.74) is 1.83. The van der Waals surface area contributed by atoms with Gasteiger partial charge in [-0.05, 0) is 68.3 Å². The van der Waals surface area contributed by atoms with Crippen LogP contribution in [-0.4, -0.2) is 25.2 Å². The third kappa shape index (κ3) is 5.07. The summed E-state index contributed by atoms with van der Waals surface area (Å²) in [6.45, 7) is 7.45. The molecule has 0 aliphatic rings. The Balaban J connectivity index is 2.39. The smallest absolute Gasteiger partial charge is 0.335 e. The molecule has 0 spiro atoms. The molecule has 3 rings (SSSR count). The van der Waals surface area contributed by atoms with E-state index in [1.165, 1.54) is 0 Å². The van der Waals surface area contributed by atoms with Gasteiger partial charge in [0.15, 0.2) is 7.14 Å². The predicted molar refractivity (Wildman–Crippen MR) is 136 cm³/mol. The summed E-state index contributed by atoms with van der Waals surface area (Å²) in [5, 5.41) is 0.937. The van der Waals surface area contributed by atoms with Crippen LogP contribution in [0.3, 0.4) is 0 Å². The molecule has 3 aromatic rings. The van der Waals surface area contributed by atoms with Gasteiger partial charge in [-0.25, -0.2) is 9.78 Å². The van der Waals surface area contributed by atoms with Crippen molar-refractivity contribution in [1.82, 2.24) is 4.98 Å². The topological polar surface area (TPSA) is 74.7 Å². The minimum absolute atomic E-state index is 0.236. The number of pyridine rings is 1. The zero-order chi connectivity index (χ0) is 24.7. The molecule has 0 bridgehead atoms. The Hall–Kier alpha value is -3.37. The Labute approximate surface area is 201 Å². The van der Waals surface area contributed by atoms with Crippen molar-refractivity contribution in [3.8, 4) is 17.2 Å². The van der Waals surface area contributed by atoms with E-state index >= 15 is 4.57 Å². The molecule has 0 radical (unpaired) electrons. The third-order valence-electron chi connectivity index (χ3n) is 5.54. The predicted octanol–water partition coefficient (Wildman–Crippen LogP) is 4.48. The number of benzene rings is 2. The van der Waals surface area contributed by atoms with Crippen LogP contribution in [-0.2, 0) is 15.8 Å². The number of hydrogen-bond donors (Lipinski definition) is 0. The first kappa shape index (κ1) is 25.3. The molecule has 0 amide bonds. The zero-order valence-corrected chi connectivity index (χ0v) is 20.9. The Morgan fingerprint density at radius 3 is 2.38 bits per heavy atom. The molecule has 0 saturated carbocycles. The number of hydrogen-bond acceptors (Lipinski definition) is 6. The highest BCUT2D eigenvalue weighted by molar-refractivity contribution is 7.85. The maximum Gasteiger partial charge on any atom is 0.335 e. The number of aromatic nitrogens is 1. The van der Waals surface area contributed by atoms with E-state index in [1.54, 1.807) is 56.7 Å². The summed E-state index contributed by atoms with van der Waals surface area (Å²) in [6, 6.07) is 15.9. The first-order chi connectivity index (χ1) is 16.4. The number of rotatable bonds is 10. The Bertz CT molecular complexity index is 1220. The summed E-state index contributed by atoms with van der Waals surface area (Å²) in [6.07, 6.45) is 3.46. The quantitative estimate of drug-likeness (QED) is 0.185. The fraction of sp³-hybridized carbons (Fsp3) is 0.259. The van der Waals surface area contributed by atoms with Crippen LogP contribution in [0, 0.1) is 6.92 Å². The molecule has 1 aromatic heterocycles. The van der Waals surface area contributed by atoms with Crippen molar-refractivity contribution in [3.63, 3.8) is 0 Å². The highest BCUT2D eigenvalue weighted by Gasteiger charge is 2.36. The molecule has 1 heterocycles. The second-order valence-corrected chi connectivity index (χ2v) is 10.4. The van der Waals surface area contributed by atoms with Crippen LogP contribution in [0.15, 0.2) is 67.3 Å². The average Bonchev–Trinajstić information content (AvgIpc) is 2.87. The molecule has 34 heavy (non-hydrogen) atoms. The summed E-state index contributed by atoms with van der Waals surface area (Å²) in [5.74, 6) is 0.817. The highest BCUT2D eigenvalue weighted by atomic mass is 31.2. The summed E-state index contributed by atoms with van der Waals surface area (Å²) in [7, 11) is -0.421. The third-order valence-corrected chi connectivity index (χ3v) is 8.49. The van der Waals surface area contributed by atoms with Crippen LogP contribution in [0.4, 0.5) is 0 Å². The van der Waals surface area contributed by atoms with Gasteiger partial charge in [0.2, 0.25) is 0 Å². The van der Waals surface area contributed by atoms with Gasteiger partial charge < -0.3 is 18.8 Å². The van der Waals surface area contributed by atoms with Crippen LogP contribution in [0.25, 0.3) is 0 Å². The van der Waals surface area contributed by atoms with Crippen molar-refractivity contribution in [2.45, 2.75) is 33.1 Å². The molecule has 0 fully saturated rings. The van der Waals surface area contributed by atoms with Crippen LogP contribution in [0.2, 0.25) is 0 Å². The number of carbonyl (C=O) groups is 1. The minimum Gasteiger partial charge on any atom is -0.497 e. The lowest BCUT2D eigenvalue weighted by Gasteiger charge is -2.24. The molecule has 0 aliphatic carbocycles. The van der Waals surface area contributed by atoms with Gasteiger partial charge in [0.1, 0.15) is 22.7 Å². The van der Waals surface area contributed by atoms with Gasteiger partial charge in [-0.2, -0.15) is 0 Å². The van der Waals surface area contributed by atoms with E-state index < -0.39 is 13.1 Å². The zero-order valence-electron chi connectivity index (χ0n) is 20.0. The standard InChI is InChI=1S/C27H30NO5P/c1-6-8-11-22-23(32-5)17-18-24(27(22)33-26(29)7-2)34(30,25-12-9-10-19(3)28-25)21-15-13-20(31-4)14-16-21/h7,9-10,12-18H,2,6,8,11H2,1,3-5H3. The summed E-state index contributed by atoms with van der Waals surface area (Å²) < 4.78 is 31.8. The number of ether oxygens (including phenoxy) is 3. The summed E-state index contributed by atoms with van der Waals surface area (Å²) in [4.78, 5) is 17.0. The Morgan fingerprint density at radius 2 is 1.79 bits per heavy atom. The molecule has 0 N–H and O–H groups in total. The van der Waals surface area contributed by atoms with Crippen molar-refractivity contribution in [1.29, 1.82) is 0 Å². The molecule has 1 unspecified atom stereocenters. The molecule has 6 nitrogen and oxygen atoms in total. The molecule has 178 valence electrons. The molecule has 1 atom stereocenters. The highest BCUT2D eigenvalue weighted by Crippen LogP contribution is 2.47. The fourth-order valence-electron chi connectivity index (χ4n) is 3.77. The maximum atomic E-state index is 15.1. The molecule has 0 aliphatic heterocycles. The van der Waals surface area contributed by atoms with Crippen LogP contribution in [0.5, 0.6) is 17.2 Å². The molecule has 2 aromatic carbocycles. The van der Waals surface area contributed by atoms with E-state index in [2.05, 4.69) is 18.5 Å². The van der Waals surface area contributed by atoms with Crippen LogP contribution < -0.4 is 30.3 Å². The minimum atomic E-state index is -3.56. The average molecular weight is 480 g/mol. The lowest BCUT2D eigenvalue weighted by Crippen LogP contribution is -2.29. The van der Waals surface area contributed by atoms with Crippen molar-refractivity contribution in [2.24, 2.45) is 0 Å². The Morgan fingerprint density at radius 1 is 1.06 bits per heavy atom. The summed E-state index contributed by atoms with van der Waals surface area (Å²) >= 11 is 0. The lowest BCUT2D eigenvalue weighted by atomic mass is 10.1. The normalized spacial score (nSPS) is 12.5. The van der Waals surface area contributed by atoms with Crippen molar-refractivity contribution >= 4 is 29.2 Å². The number of esters is 1. The molecule has 7 heteroatoms. The van der Waals surface area contributed by atoms with Crippen molar-refractivity contribution in [2.75, 3.05) is 14.2 Å². The second-order valence-electron chi connectivity index (χ2n) is 7.77. The molecule has 0 saturated heterocycles. The number of nitrogens with zero attached hydrogens (tertiary/aromatic N) is 1. The van der Waals surface area contributed by atoms with Crippen LogP contribution >= 0.6 is 7.14 Å². The van der Waals surface area contributed by atoms with E-state index in [4.69, 9.17) is 14.2 Å². The largest absolute Gasteiger partial charge is 0.497 e. The van der Waals surface area contributed by atoms with Gasteiger partial charge >= 0.3 is 5.97 Å². The lowest BCUT2D eigenvalue weighted by molar-refractivity contribution is -0.128. The molecular weight excluding hydrogens is 449 g/mol. The van der Waals surface area contributed by atoms with Gasteiger partial charge in [0.05, 0.1) is 19.5 Å². The van der Waals surface area contributed by atoms with Crippen molar-refractivity contribution in [3.05, 3.63) is 78.5 Å². The number of aryl methyl sites for hydroxylation is 1. The van der Waals surface area contributed by atoms with Crippen LogP contribution in [0.1, 0.15) is 31.0 Å². The van der Waals surface area contributed by atoms with Gasteiger partial charge in [0.25, 0.3) is 0 Å². The van der Waals surface area contributed by atoms with E-state index in [0.717, 1.165) is 24.6 Å². The van der Waals surface area contributed by atoms with Gasteiger partial charge in [0, 0.05) is 22.6 Å². The van der Waals surface area contributed by atoms with E-state index in [-0.39, 0.29) is 5.75 Å². The van der Waals surface area contributed by atoms with E-state index in [0.29, 0.717) is 39.5 Å². The maximum absolute atomic E-state index is 15.1. The van der Waals surface area contributed by atoms with E-state index in [9.17, 15) is 4.79 Å². The fourth-order valence-corrected chi connectivity index (χ4v) is 6.48. The number of carbonyl (C=O) groups excluding carboxylic acids is 1. The second kappa shape index (κ2) is 11.2. The van der Waals surface area contributed by atoms with E-state index in [1.807, 2.05) is 19.1 Å². The number of methoxy groups -OCH3 is 2. The monoisotopic (exact) mass is 479 g/mol. The van der Waals surface area contributed by atoms with Gasteiger partial charge in [-0.1, -0.05) is 26.0 Å². The number of unbranched alkanes of at least 4 members (excludes halogenated alkanes) is 1. The van der Waals surface area contributed by atoms with Gasteiger partial charge in [-0.15, -0.1) is 0 Å². The molecular formula is C27H30NO5P. The van der Waals surface area contributed by atoms with Crippen molar-refractivity contribution < 1.29 is 23.6 Å². The first-order valence-electron chi connectivity index (χ1n) is 11.1. The van der Waals surface area contributed by atoms with Gasteiger partial charge in [-0.3, -0.25) is 0 Å².